The van der Waals surface area contributed by atoms with Crippen LogP contribution in [0.2, 0.25) is 0 Å². The van der Waals surface area contributed by atoms with Crippen molar-refractivity contribution < 1.29 is 28.0 Å². The second-order valence-corrected chi connectivity index (χ2v) is 14.5. The quantitative estimate of drug-likeness (QED) is 0.0313. The standard InChI is InChI=1S/C38H71NO6S/c1-3-5-7-9-11-12-13-14-15-16-17-18-19-20-21-22-23-24-25-27-29-31-33-37(41)38(42)39-35(34-46(43,44)45)36(40)32-30-28-26-10-8-6-4-2/h17-18,20-21,30,32,35-37,40-41H,3-16,19,22-29,31,33-34H2,1-2H3,(H,39,42)(H,43,44,45)/b18-17-,21-20-,32-30+. The molecule has 4 N–H and O–H groups in total. The van der Waals surface area contributed by atoms with E-state index in [0.29, 0.717) is 6.42 Å². The Morgan fingerprint density at radius 3 is 1.48 bits per heavy atom. The maximum atomic E-state index is 12.5. The highest BCUT2D eigenvalue weighted by Gasteiger charge is 2.27. The van der Waals surface area contributed by atoms with Gasteiger partial charge in [-0.3, -0.25) is 9.35 Å². The first-order valence-corrected chi connectivity index (χ1v) is 20.4. The average molecular weight is 670 g/mol. The molecule has 0 spiro atoms. The Kier molecular flexibility index (Phi) is 31.1. The first-order chi connectivity index (χ1) is 22.2. The van der Waals surface area contributed by atoms with E-state index < -0.39 is 40.0 Å². The van der Waals surface area contributed by atoms with Crippen LogP contribution in [0.4, 0.5) is 0 Å². The average Bonchev–Trinajstić information content (AvgIpc) is 3.01. The highest BCUT2D eigenvalue weighted by atomic mass is 32.2. The number of rotatable bonds is 33. The normalized spacial score (nSPS) is 14.5. The smallest absolute Gasteiger partial charge is 0.267 e. The SMILES string of the molecule is CCCCCCC/C=C/C(O)C(CS(=O)(=O)O)NC(=O)C(O)CCCCCCCC/C=C\C/C=C\CCCCCCCCCCC. The lowest BCUT2D eigenvalue weighted by Crippen LogP contribution is -2.50. The summed E-state index contributed by atoms with van der Waals surface area (Å²) >= 11 is 0. The summed E-state index contributed by atoms with van der Waals surface area (Å²) < 4.78 is 32.2. The summed E-state index contributed by atoms with van der Waals surface area (Å²) in [5.41, 5.74) is 0. The maximum absolute atomic E-state index is 12.5. The zero-order valence-corrected chi connectivity index (χ0v) is 30.4. The highest BCUT2D eigenvalue weighted by molar-refractivity contribution is 7.85. The van der Waals surface area contributed by atoms with E-state index in [9.17, 15) is 28.0 Å². The summed E-state index contributed by atoms with van der Waals surface area (Å²) in [7, 11) is -4.43. The van der Waals surface area contributed by atoms with E-state index in [0.717, 1.165) is 77.0 Å². The molecule has 0 radical (unpaired) electrons. The van der Waals surface area contributed by atoms with Crippen LogP contribution >= 0.6 is 0 Å². The number of allylic oxidation sites excluding steroid dienone is 5. The third-order valence-corrected chi connectivity index (χ3v) is 9.20. The Morgan fingerprint density at radius 2 is 1.02 bits per heavy atom. The Hall–Kier alpha value is -1.48. The fourth-order valence-electron chi connectivity index (χ4n) is 5.48. The van der Waals surface area contributed by atoms with Gasteiger partial charge in [-0.05, 0) is 51.4 Å². The van der Waals surface area contributed by atoms with Gasteiger partial charge in [0.25, 0.3) is 10.1 Å². The van der Waals surface area contributed by atoms with Crippen molar-refractivity contribution in [2.75, 3.05) is 5.75 Å². The molecule has 0 saturated carbocycles. The van der Waals surface area contributed by atoms with Crippen LogP contribution in [-0.2, 0) is 14.9 Å². The first-order valence-electron chi connectivity index (χ1n) is 18.8. The minimum Gasteiger partial charge on any atom is -0.387 e. The number of hydrogen-bond donors (Lipinski definition) is 4. The molecular formula is C38H71NO6S. The van der Waals surface area contributed by atoms with Gasteiger partial charge in [-0.2, -0.15) is 8.42 Å². The van der Waals surface area contributed by atoms with Gasteiger partial charge in [-0.25, -0.2) is 0 Å². The van der Waals surface area contributed by atoms with E-state index in [1.807, 2.05) is 0 Å². The van der Waals surface area contributed by atoms with E-state index in [1.165, 1.54) is 76.7 Å². The molecule has 0 aromatic carbocycles. The number of unbranched alkanes of at least 4 members (excludes halogenated alkanes) is 20. The lowest BCUT2D eigenvalue weighted by atomic mass is 10.0. The van der Waals surface area contributed by atoms with Gasteiger partial charge in [0.15, 0.2) is 0 Å². The monoisotopic (exact) mass is 670 g/mol. The molecule has 0 heterocycles. The Morgan fingerprint density at radius 1 is 0.609 bits per heavy atom. The zero-order valence-electron chi connectivity index (χ0n) is 29.6. The molecule has 0 saturated heterocycles. The van der Waals surface area contributed by atoms with Crippen molar-refractivity contribution in [2.45, 2.75) is 193 Å². The third-order valence-electron chi connectivity index (χ3n) is 8.42. The summed E-state index contributed by atoms with van der Waals surface area (Å²) in [6.07, 6.45) is 38.1. The first kappa shape index (κ1) is 44.5. The second kappa shape index (κ2) is 32.1. The highest BCUT2D eigenvalue weighted by Crippen LogP contribution is 2.13. The minimum atomic E-state index is -4.43. The molecule has 3 unspecified atom stereocenters. The van der Waals surface area contributed by atoms with E-state index in [-0.39, 0.29) is 6.42 Å². The molecule has 0 fully saturated rings. The molecule has 0 aliphatic rings. The molecule has 0 bridgehead atoms. The zero-order chi connectivity index (χ0) is 34.1. The molecule has 3 atom stereocenters. The van der Waals surface area contributed by atoms with Gasteiger partial charge in [0.2, 0.25) is 5.91 Å². The van der Waals surface area contributed by atoms with E-state index >= 15 is 0 Å². The molecule has 0 aromatic rings. The molecule has 270 valence electrons. The van der Waals surface area contributed by atoms with E-state index in [1.54, 1.807) is 6.08 Å². The van der Waals surface area contributed by atoms with Crippen molar-refractivity contribution in [3.63, 3.8) is 0 Å². The van der Waals surface area contributed by atoms with Gasteiger partial charge in [-0.15, -0.1) is 0 Å². The van der Waals surface area contributed by atoms with Crippen molar-refractivity contribution in [1.29, 1.82) is 0 Å². The number of hydrogen-bond acceptors (Lipinski definition) is 5. The van der Waals surface area contributed by atoms with Crippen LogP contribution in [-0.4, -0.2) is 53.1 Å². The molecule has 0 rings (SSSR count). The number of carbonyl (C=O) groups is 1. The topological polar surface area (TPSA) is 124 Å². The van der Waals surface area contributed by atoms with Crippen LogP contribution < -0.4 is 5.32 Å². The van der Waals surface area contributed by atoms with Crippen LogP contribution in [0.25, 0.3) is 0 Å². The fraction of sp³-hybridized carbons (Fsp3) is 0.816. The number of aliphatic hydroxyl groups excluding tert-OH is 2. The Labute approximate surface area is 283 Å². The molecule has 1 amide bonds. The molecule has 8 heteroatoms. The van der Waals surface area contributed by atoms with Crippen LogP contribution in [0.15, 0.2) is 36.5 Å². The Bertz CT molecular complexity index is 886. The van der Waals surface area contributed by atoms with Crippen molar-refractivity contribution in [3.05, 3.63) is 36.5 Å². The number of amides is 1. The molecule has 0 aromatic heterocycles. The summed E-state index contributed by atoms with van der Waals surface area (Å²) in [5.74, 6) is -1.55. The largest absolute Gasteiger partial charge is 0.387 e. The van der Waals surface area contributed by atoms with Crippen LogP contribution in [0, 0.1) is 0 Å². The number of carbonyl (C=O) groups excluding carboxylic acids is 1. The summed E-state index contributed by atoms with van der Waals surface area (Å²) in [6, 6.07) is -1.23. The van der Waals surface area contributed by atoms with Gasteiger partial charge >= 0.3 is 0 Å². The summed E-state index contributed by atoms with van der Waals surface area (Å²) in [5, 5.41) is 23.1. The van der Waals surface area contributed by atoms with Crippen molar-refractivity contribution >= 4 is 16.0 Å². The lowest BCUT2D eigenvalue weighted by Gasteiger charge is -2.22. The van der Waals surface area contributed by atoms with Crippen LogP contribution in [0.5, 0.6) is 0 Å². The minimum absolute atomic E-state index is 0.267. The molecule has 0 aliphatic carbocycles. The van der Waals surface area contributed by atoms with Crippen molar-refractivity contribution in [1.82, 2.24) is 5.32 Å². The van der Waals surface area contributed by atoms with Crippen LogP contribution in [0.3, 0.4) is 0 Å². The predicted molar refractivity (Wildman–Crippen MR) is 195 cm³/mol. The number of nitrogens with one attached hydrogen (secondary N) is 1. The van der Waals surface area contributed by atoms with E-state index in [4.69, 9.17) is 0 Å². The van der Waals surface area contributed by atoms with Gasteiger partial charge in [0.1, 0.15) is 6.10 Å². The number of aliphatic hydroxyl groups is 2. The predicted octanol–water partition coefficient (Wildman–Crippen LogP) is 9.54. The molecular weight excluding hydrogens is 598 g/mol. The Balaban J connectivity index is 3.95. The molecule has 7 nitrogen and oxygen atoms in total. The van der Waals surface area contributed by atoms with Gasteiger partial charge in [0.05, 0.1) is 17.9 Å². The maximum Gasteiger partial charge on any atom is 0.267 e. The molecule has 0 aliphatic heterocycles. The van der Waals surface area contributed by atoms with Crippen LogP contribution in [0.1, 0.15) is 174 Å². The van der Waals surface area contributed by atoms with Crippen molar-refractivity contribution in [3.8, 4) is 0 Å². The van der Waals surface area contributed by atoms with E-state index in [2.05, 4.69) is 43.5 Å². The molecule has 46 heavy (non-hydrogen) atoms. The third kappa shape index (κ3) is 31.1. The second-order valence-electron chi connectivity index (χ2n) is 13.0. The fourth-order valence-corrected chi connectivity index (χ4v) is 6.22. The summed E-state index contributed by atoms with van der Waals surface area (Å²) in [6.45, 7) is 4.42. The van der Waals surface area contributed by atoms with Gasteiger partial charge in [-0.1, -0.05) is 159 Å². The van der Waals surface area contributed by atoms with Crippen molar-refractivity contribution in [2.24, 2.45) is 0 Å². The lowest BCUT2D eigenvalue weighted by molar-refractivity contribution is -0.130. The summed E-state index contributed by atoms with van der Waals surface area (Å²) in [4.78, 5) is 12.5. The van der Waals surface area contributed by atoms with Gasteiger partial charge in [0, 0.05) is 0 Å². The van der Waals surface area contributed by atoms with Gasteiger partial charge < -0.3 is 15.5 Å².